The highest BCUT2D eigenvalue weighted by atomic mass is 32.2. The number of urea groups is 1. The Morgan fingerprint density at radius 3 is 2.42 bits per heavy atom. The van der Waals surface area contributed by atoms with Gasteiger partial charge in [-0.1, -0.05) is 32.6 Å². The minimum Gasteiger partial charge on any atom is -0.379 e. The van der Waals surface area contributed by atoms with Gasteiger partial charge in [0.25, 0.3) is 5.91 Å². The molecule has 0 aliphatic carbocycles. The van der Waals surface area contributed by atoms with Crippen molar-refractivity contribution in [3.05, 3.63) is 24.3 Å². The average molecular weight is 481 g/mol. The summed E-state index contributed by atoms with van der Waals surface area (Å²) in [7, 11) is -3.63. The first-order valence-electron chi connectivity index (χ1n) is 11.3. The molecule has 1 aromatic rings. The van der Waals surface area contributed by atoms with Crippen molar-refractivity contribution in [1.29, 1.82) is 0 Å². The number of nitrogens with one attached hydrogen (secondary N) is 2. The molecule has 11 heteroatoms. The van der Waals surface area contributed by atoms with Crippen LogP contribution in [0, 0.1) is 0 Å². The Morgan fingerprint density at radius 1 is 1.12 bits per heavy atom. The summed E-state index contributed by atoms with van der Waals surface area (Å²) in [5.74, 6) is -0.955. The van der Waals surface area contributed by atoms with Gasteiger partial charge >= 0.3 is 6.03 Å². The first kappa shape index (κ1) is 25.1. The van der Waals surface area contributed by atoms with E-state index >= 15 is 0 Å². The van der Waals surface area contributed by atoms with E-state index in [1.807, 2.05) is 0 Å². The number of imide groups is 1. The maximum absolute atomic E-state index is 12.8. The highest BCUT2D eigenvalue weighted by Gasteiger charge is 2.47. The zero-order valence-electron chi connectivity index (χ0n) is 19.1. The average Bonchev–Trinajstić information content (AvgIpc) is 3.01. The van der Waals surface area contributed by atoms with Crippen LogP contribution in [0.1, 0.15) is 46.0 Å². The summed E-state index contributed by atoms with van der Waals surface area (Å²) in [5.41, 5.74) is -0.629. The molecule has 2 aliphatic heterocycles. The summed E-state index contributed by atoms with van der Waals surface area (Å²) < 4.78 is 31.9. The Bertz CT molecular complexity index is 975. The quantitative estimate of drug-likeness (QED) is 0.389. The van der Waals surface area contributed by atoms with Crippen LogP contribution in [0.2, 0.25) is 0 Å². The maximum Gasteiger partial charge on any atom is 0.325 e. The summed E-state index contributed by atoms with van der Waals surface area (Å²) >= 11 is 0. The standard InChI is InChI=1S/C22H32N4O6S/c1-3-4-5-6-11-22(2)20(28)26(21(29)24-22)16-19(27)23-17-7-9-18(10-8-17)33(30,31)25-12-14-32-15-13-25/h7-10H,3-6,11-16H2,1-2H3,(H,23,27)(H,24,29). The Morgan fingerprint density at radius 2 is 1.79 bits per heavy atom. The van der Waals surface area contributed by atoms with Gasteiger partial charge in [-0.25, -0.2) is 13.2 Å². The van der Waals surface area contributed by atoms with Gasteiger partial charge in [0.1, 0.15) is 12.1 Å². The van der Waals surface area contributed by atoms with Crippen molar-refractivity contribution < 1.29 is 27.5 Å². The number of nitrogens with zero attached hydrogens (tertiary/aromatic N) is 2. The number of rotatable bonds is 10. The SMILES string of the molecule is CCCCCCC1(C)NC(=O)N(CC(=O)Nc2ccc(S(=O)(=O)N3CCOCC3)cc2)C1=O. The van der Waals surface area contributed by atoms with E-state index in [9.17, 15) is 22.8 Å². The molecule has 0 spiro atoms. The predicted molar refractivity (Wildman–Crippen MR) is 122 cm³/mol. The number of anilines is 1. The normalized spacial score (nSPS) is 21.8. The minimum absolute atomic E-state index is 0.121. The summed E-state index contributed by atoms with van der Waals surface area (Å²) in [6.45, 7) is 4.67. The van der Waals surface area contributed by atoms with E-state index in [4.69, 9.17) is 4.74 Å². The van der Waals surface area contributed by atoms with Gasteiger partial charge in [0.15, 0.2) is 0 Å². The van der Waals surface area contributed by atoms with Crippen molar-refractivity contribution in [2.75, 3.05) is 38.2 Å². The van der Waals surface area contributed by atoms with Crippen LogP contribution < -0.4 is 10.6 Å². The van der Waals surface area contributed by atoms with Gasteiger partial charge in [0, 0.05) is 18.8 Å². The van der Waals surface area contributed by atoms with Gasteiger partial charge < -0.3 is 15.4 Å². The van der Waals surface area contributed by atoms with Crippen LogP contribution >= 0.6 is 0 Å². The molecule has 2 heterocycles. The van der Waals surface area contributed by atoms with Crippen molar-refractivity contribution in [1.82, 2.24) is 14.5 Å². The van der Waals surface area contributed by atoms with Crippen LogP contribution in [0.15, 0.2) is 29.2 Å². The second kappa shape index (κ2) is 10.6. The van der Waals surface area contributed by atoms with Gasteiger partial charge in [-0.2, -0.15) is 4.31 Å². The minimum atomic E-state index is -3.63. The second-order valence-electron chi connectivity index (χ2n) is 8.55. The lowest BCUT2D eigenvalue weighted by molar-refractivity contribution is -0.133. The van der Waals surface area contributed by atoms with E-state index in [1.54, 1.807) is 6.92 Å². The van der Waals surface area contributed by atoms with E-state index in [0.29, 0.717) is 38.4 Å². The third-order valence-electron chi connectivity index (χ3n) is 5.92. The van der Waals surface area contributed by atoms with Gasteiger partial charge in [-0.05, 0) is 37.6 Å². The van der Waals surface area contributed by atoms with Crippen LogP contribution in [0.25, 0.3) is 0 Å². The summed E-state index contributed by atoms with van der Waals surface area (Å²) in [4.78, 5) is 38.6. The predicted octanol–water partition coefficient (Wildman–Crippen LogP) is 1.93. The van der Waals surface area contributed by atoms with Crippen LogP contribution in [-0.2, 0) is 24.3 Å². The highest BCUT2D eigenvalue weighted by molar-refractivity contribution is 7.89. The summed E-state index contributed by atoms with van der Waals surface area (Å²) in [6, 6.07) is 5.22. The molecule has 3 rings (SSSR count). The van der Waals surface area contributed by atoms with E-state index < -0.39 is 40.0 Å². The Kier molecular flexibility index (Phi) is 8.09. The topological polar surface area (TPSA) is 125 Å². The largest absolute Gasteiger partial charge is 0.379 e. The van der Waals surface area contributed by atoms with Crippen molar-refractivity contribution in [3.63, 3.8) is 0 Å². The molecule has 1 atom stereocenters. The molecule has 33 heavy (non-hydrogen) atoms. The molecule has 2 fully saturated rings. The smallest absolute Gasteiger partial charge is 0.325 e. The molecule has 2 saturated heterocycles. The molecule has 0 bridgehead atoms. The first-order chi connectivity index (χ1) is 15.7. The fourth-order valence-electron chi connectivity index (χ4n) is 3.96. The number of ether oxygens (including phenoxy) is 1. The van der Waals surface area contributed by atoms with Gasteiger partial charge in [-0.15, -0.1) is 0 Å². The van der Waals surface area contributed by atoms with Crippen molar-refractivity contribution in [2.45, 2.75) is 56.4 Å². The lowest BCUT2D eigenvalue weighted by atomic mass is 9.94. The molecule has 0 aromatic heterocycles. The van der Waals surface area contributed by atoms with Gasteiger partial charge in [0.05, 0.1) is 18.1 Å². The number of morpholine rings is 1. The second-order valence-corrected chi connectivity index (χ2v) is 10.5. The number of amides is 4. The fourth-order valence-corrected chi connectivity index (χ4v) is 5.36. The number of benzene rings is 1. The lowest BCUT2D eigenvalue weighted by Crippen LogP contribution is -2.44. The van der Waals surface area contributed by atoms with E-state index in [-0.39, 0.29) is 4.90 Å². The number of hydrogen-bond acceptors (Lipinski definition) is 6. The Hall–Kier alpha value is -2.50. The van der Waals surface area contributed by atoms with E-state index in [1.165, 1.54) is 28.6 Å². The van der Waals surface area contributed by atoms with Crippen LogP contribution in [-0.4, -0.2) is 73.9 Å². The van der Waals surface area contributed by atoms with Crippen molar-refractivity contribution in [3.8, 4) is 0 Å². The molecule has 4 amide bonds. The fraction of sp³-hybridized carbons (Fsp3) is 0.591. The molecule has 2 N–H and O–H groups in total. The summed E-state index contributed by atoms with van der Waals surface area (Å²) in [5, 5.41) is 5.32. The zero-order chi connectivity index (χ0) is 24.1. The van der Waals surface area contributed by atoms with Crippen molar-refractivity contribution in [2.24, 2.45) is 0 Å². The van der Waals surface area contributed by atoms with Crippen LogP contribution in [0.5, 0.6) is 0 Å². The van der Waals surface area contributed by atoms with E-state index in [0.717, 1.165) is 30.6 Å². The number of hydrogen-bond donors (Lipinski definition) is 2. The van der Waals surface area contributed by atoms with Gasteiger partial charge in [-0.3, -0.25) is 14.5 Å². The molecule has 182 valence electrons. The van der Waals surface area contributed by atoms with Crippen LogP contribution in [0.3, 0.4) is 0 Å². The van der Waals surface area contributed by atoms with Crippen LogP contribution in [0.4, 0.5) is 10.5 Å². The first-order valence-corrected chi connectivity index (χ1v) is 12.7. The molecule has 0 radical (unpaired) electrons. The van der Waals surface area contributed by atoms with Crippen molar-refractivity contribution >= 4 is 33.6 Å². The number of carbonyl (C=O) groups is 3. The third-order valence-corrected chi connectivity index (χ3v) is 7.84. The third kappa shape index (κ3) is 5.90. The number of carbonyl (C=O) groups excluding carboxylic acids is 3. The molecule has 1 aromatic carbocycles. The maximum atomic E-state index is 12.8. The zero-order valence-corrected chi connectivity index (χ0v) is 19.9. The lowest BCUT2D eigenvalue weighted by Gasteiger charge is -2.26. The Labute approximate surface area is 194 Å². The Balaban J connectivity index is 1.57. The molecule has 2 aliphatic rings. The monoisotopic (exact) mass is 480 g/mol. The molecule has 1 unspecified atom stereocenters. The van der Waals surface area contributed by atoms with E-state index in [2.05, 4.69) is 17.6 Å². The molecular weight excluding hydrogens is 448 g/mol. The number of sulfonamides is 1. The summed E-state index contributed by atoms with van der Waals surface area (Å²) in [6.07, 6.45) is 4.46. The molecular formula is C22H32N4O6S. The molecule has 0 saturated carbocycles. The highest BCUT2D eigenvalue weighted by Crippen LogP contribution is 2.24. The number of unbranched alkanes of at least 4 members (excludes halogenated alkanes) is 3. The van der Waals surface area contributed by atoms with Gasteiger partial charge in [0.2, 0.25) is 15.9 Å². The molecule has 10 nitrogen and oxygen atoms in total.